The van der Waals surface area contributed by atoms with Crippen LogP contribution in [0.4, 0.5) is 4.39 Å². The summed E-state index contributed by atoms with van der Waals surface area (Å²) in [6, 6.07) is 13.1. The van der Waals surface area contributed by atoms with Gasteiger partial charge in [0.25, 0.3) is 5.56 Å². The average molecular weight is 367 g/mol. The van der Waals surface area contributed by atoms with Crippen LogP contribution in [-0.2, 0) is 21.7 Å². The van der Waals surface area contributed by atoms with Crippen molar-refractivity contribution in [2.75, 3.05) is 0 Å². The Hall–Kier alpha value is -3.09. The summed E-state index contributed by atoms with van der Waals surface area (Å²) in [6.45, 7) is -0.355. The molecule has 27 heavy (non-hydrogen) atoms. The van der Waals surface area contributed by atoms with Crippen LogP contribution in [-0.4, -0.2) is 21.0 Å². The van der Waals surface area contributed by atoms with E-state index < -0.39 is 17.2 Å². The Bertz CT molecular complexity index is 1060. The fraction of sp³-hybridized carbons (Fsp3) is 0.300. The molecule has 0 unspecified atom stereocenters. The number of ether oxygens (including phenoxy) is 1. The summed E-state index contributed by atoms with van der Waals surface area (Å²) in [5.74, 6) is -0.953. The van der Waals surface area contributed by atoms with E-state index >= 15 is 0 Å². The third-order valence-electron chi connectivity index (χ3n) is 5.18. The molecule has 2 aromatic carbocycles. The Kier molecular flexibility index (Phi) is 4.43. The lowest BCUT2D eigenvalue weighted by atomic mass is 9.78. The molecule has 1 heterocycles. The maximum atomic E-state index is 14.4. The van der Waals surface area contributed by atoms with Crippen molar-refractivity contribution in [2.24, 2.45) is 0 Å². The second-order valence-corrected chi connectivity index (χ2v) is 6.74. The molecule has 0 N–H and O–H groups in total. The molecule has 0 spiro atoms. The zero-order valence-electron chi connectivity index (χ0n) is 14.6. The number of halogens is 1. The summed E-state index contributed by atoms with van der Waals surface area (Å²) in [4.78, 5) is 25.4. The Morgan fingerprint density at radius 3 is 2.59 bits per heavy atom. The van der Waals surface area contributed by atoms with E-state index in [4.69, 9.17) is 4.74 Å². The second kappa shape index (κ2) is 6.90. The van der Waals surface area contributed by atoms with E-state index in [1.165, 1.54) is 6.07 Å². The lowest BCUT2D eigenvalue weighted by Crippen LogP contribution is -2.37. The van der Waals surface area contributed by atoms with Gasteiger partial charge < -0.3 is 4.74 Å². The van der Waals surface area contributed by atoms with Gasteiger partial charge in [-0.1, -0.05) is 48.4 Å². The van der Waals surface area contributed by atoms with Gasteiger partial charge in [0.1, 0.15) is 11.3 Å². The number of esters is 1. The molecule has 0 bridgehead atoms. The first-order chi connectivity index (χ1) is 13.1. The third kappa shape index (κ3) is 2.99. The van der Waals surface area contributed by atoms with Crippen molar-refractivity contribution >= 4 is 16.9 Å². The van der Waals surface area contributed by atoms with Crippen LogP contribution < -0.4 is 5.56 Å². The zero-order chi connectivity index (χ0) is 18.9. The number of carbonyl (C=O) groups is 1. The van der Waals surface area contributed by atoms with Crippen LogP contribution >= 0.6 is 0 Å². The Labute approximate surface area is 154 Å². The maximum absolute atomic E-state index is 14.4. The summed E-state index contributed by atoms with van der Waals surface area (Å²) in [5, 5.41) is 8.19. The highest BCUT2D eigenvalue weighted by molar-refractivity contribution is 5.83. The molecule has 4 rings (SSSR count). The van der Waals surface area contributed by atoms with Crippen molar-refractivity contribution < 1.29 is 13.9 Å². The van der Waals surface area contributed by atoms with Crippen LogP contribution in [0, 0.1) is 5.82 Å². The number of hydrogen-bond acceptors (Lipinski definition) is 5. The first-order valence-electron chi connectivity index (χ1n) is 8.87. The first kappa shape index (κ1) is 17.3. The van der Waals surface area contributed by atoms with E-state index in [2.05, 4.69) is 10.3 Å². The molecular formula is C20H18FN3O3. The van der Waals surface area contributed by atoms with Gasteiger partial charge in [-0.15, -0.1) is 5.10 Å². The average Bonchev–Trinajstić information content (AvgIpc) is 3.19. The van der Waals surface area contributed by atoms with E-state index in [0.29, 0.717) is 29.3 Å². The van der Waals surface area contributed by atoms with Crippen molar-refractivity contribution in [3.8, 4) is 0 Å². The van der Waals surface area contributed by atoms with Gasteiger partial charge in [-0.05, 0) is 31.0 Å². The fourth-order valence-corrected chi connectivity index (χ4v) is 3.78. The summed E-state index contributed by atoms with van der Waals surface area (Å²) in [6.07, 6.45) is 2.68. The van der Waals surface area contributed by atoms with Gasteiger partial charge in [0.05, 0.1) is 10.8 Å². The number of fused-ring (bicyclic) bond motifs is 1. The second-order valence-electron chi connectivity index (χ2n) is 6.74. The summed E-state index contributed by atoms with van der Waals surface area (Å²) in [7, 11) is 0. The van der Waals surface area contributed by atoms with Crippen molar-refractivity contribution in [3.05, 3.63) is 70.3 Å². The van der Waals surface area contributed by atoms with Gasteiger partial charge in [0.2, 0.25) is 0 Å². The maximum Gasteiger partial charge on any atom is 0.318 e. The Balaban J connectivity index is 1.61. The molecule has 7 heteroatoms. The molecular weight excluding hydrogens is 349 g/mol. The minimum Gasteiger partial charge on any atom is -0.441 e. The minimum absolute atomic E-state index is 0.351. The minimum atomic E-state index is -1.01. The standard InChI is InChI=1S/C20H18FN3O3/c21-16-9-3-2-8-15(16)20(11-5-6-12-20)19(26)27-13-24-18(25)14-7-1-4-10-17(14)22-23-24/h1-4,7-10H,5-6,11-13H2. The van der Waals surface area contributed by atoms with E-state index in [-0.39, 0.29) is 12.3 Å². The number of aromatic nitrogens is 3. The number of nitrogens with zero attached hydrogens (tertiary/aromatic N) is 3. The van der Waals surface area contributed by atoms with Crippen molar-refractivity contribution in [1.29, 1.82) is 0 Å². The SMILES string of the molecule is O=C(OCn1nnc2ccccc2c1=O)C1(c2ccccc2F)CCCC1. The van der Waals surface area contributed by atoms with Crippen LogP contribution in [0.15, 0.2) is 53.3 Å². The molecule has 1 fully saturated rings. The molecule has 1 aromatic heterocycles. The molecule has 1 aliphatic carbocycles. The van der Waals surface area contributed by atoms with Gasteiger partial charge in [0.15, 0.2) is 6.73 Å². The van der Waals surface area contributed by atoms with Gasteiger partial charge in [0, 0.05) is 5.56 Å². The molecule has 0 amide bonds. The lowest BCUT2D eigenvalue weighted by Gasteiger charge is -2.27. The quantitative estimate of drug-likeness (QED) is 0.663. The Morgan fingerprint density at radius 1 is 1.11 bits per heavy atom. The van der Waals surface area contributed by atoms with Gasteiger partial charge in [-0.25, -0.2) is 4.39 Å². The molecule has 0 radical (unpaired) electrons. The van der Waals surface area contributed by atoms with Gasteiger partial charge in [-0.2, -0.15) is 4.68 Å². The normalized spacial score (nSPS) is 15.7. The molecule has 0 saturated heterocycles. The van der Waals surface area contributed by atoms with Crippen LogP contribution in [0.2, 0.25) is 0 Å². The largest absolute Gasteiger partial charge is 0.441 e. The number of hydrogen-bond donors (Lipinski definition) is 0. The van der Waals surface area contributed by atoms with Crippen molar-refractivity contribution in [2.45, 2.75) is 37.8 Å². The molecule has 1 saturated carbocycles. The highest BCUT2D eigenvalue weighted by Crippen LogP contribution is 2.43. The lowest BCUT2D eigenvalue weighted by molar-refractivity contribution is -0.155. The first-order valence-corrected chi connectivity index (χ1v) is 8.87. The fourth-order valence-electron chi connectivity index (χ4n) is 3.78. The van der Waals surface area contributed by atoms with Crippen LogP contribution in [0.1, 0.15) is 31.2 Å². The predicted octanol–water partition coefficient (Wildman–Crippen LogP) is 2.94. The van der Waals surface area contributed by atoms with Crippen LogP contribution in [0.5, 0.6) is 0 Å². The smallest absolute Gasteiger partial charge is 0.318 e. The van der Waals surface area contributed by atoms with Gasteiger partial charge >= 0.3 is 5.97 Å². The van der Waals surface area contributed by atoms with Crippen LogP contribution in [0.25, 0.3) is 10.9 Å². The third-order valence-corrected chi connectivity index (χ3v) is 5.18. The van der Waals surface area contributed by atoms with Crippen molar-refractivity contribution in [3.63, 3.8) is 0 Å². The summed E-state index contributed by atoms with van der Waals surface area (Å²) >= 11 is 0. The highest BCUT2D eigenvalue weighted by atomic mass is 19.1. The molecule has 0 atom stereocenters. The van der Waals surface area contributed by atoms with Gasteiger partial charge in [-0.3, -0.25) is 9.59 Å². The monoisotopic (exact) mass is 367 g/mol. The highest BCUT2D eigenvalue weighted by Gasteiger charge is 2.45. The number of benzene rings is 2. The molecule has 0 aliphatic heterocycles. The number of carbonyl (C=O) groups excluding carboxylic acids is 1. The summed E-state index contributed by atoms with van der Waals surface area (Å²) in [5.41, 5.74) is -0.577. The van der Waals surface area contributed by atoms with Crippen LogP contribution in [0.3, 0.4) is 0 Å². The van der Waals surface area contributed by atoms with E-state index in [1.54, 1.807) is 42.5 Å². The number of rotatable bonds is 4. The predicted molar refractivity (Wildman–Crippen MR) is 96.4 cm³/mol. The molecule has 3 aromatic rings. The zero-order valence-corrected chi connectivity index (χ0v) is 14.6. The topological polar surface area (TPSA) is 74.1 Å². The molecule has 6 nitrogen and oxygen atoms in total. The van der Waals surface area contributed by atoms with Crippen molar-refractivity contribution in [1.82, 2.24) is 15.0 Å². The van der Waals surface area contributed by atoms with E-state index in [0.717, 1.165) is 17.5 Å². The summed E-state index contributed by atoms with van der Waals surface area (Å²) < 4.78 is 20.8. The van der Waals surface area contributed by atoms with E-state index in [9.17, 15) is 14.0 Å². The Morgan fingerprint density at radius 2 is 1.81 bits per heavy atom. The molecule has 1 aliphatic rings. The van der Waals surface area contributed by atoms with E-state index in [1.807, 2.05) is 0 Å². The molecule has 138 valence electrons.